The van der Waals surface area contributed by atoms with E-state index < -0.39 is 5.97 Å². The normalized spacial score (nSPS) is 20.2. The summed E-state index contributed by atoms with van der Waals surface area (Å²) in [6.07, 6.45) is 2.43. The smallest absolute Gasteiger partial charge is 0.346 e. The minimum Gasteiger partial charge on any atom is -0.477 e. The second kappa shape index (κ2) is 4.94. The van der Waals surface area contributed by atoms with Gasteiger partial charge >= 0.3 is 5.97 Å². The number of fused-ring (bicyclic) bond motifs is 1. The van der Waals surface area contributed by atoms with Crippen molar-refractivity contribution in [3.63, 3.8) is 0 Å². The molecule has 0 aliphatic carbocycles. The molecule has 2 aromatic rings. The largest absolute Gasteiger partial charge is 0.477 e. The molecule has 1 aliphatic rings. The molecule has 3 rings (SSSR count). The average molecular weight is 275 g/mol. The molecule has 0 saturated carbocycles. The molecule has 0 amide bonds. The molecule has 1 saturated heterocycles. The van der Waals surface area contributed by atoms with Crippen molar-refractivity contribution in [3.05, 3.63) is 34.7 Å². The van der Waals surface area contributed by atoms with E-state index in [1.54, 1.807) is 0 Å². The quantitative estimate of drug-likeness (QED) is 0.930. The number of nitrogens with zero attached hydrogens (tertiary/aromatic N) is 1. The van der Waals surface area contributed by atoms with Gasteiger partial charge in [-0.15, -0.1) is 11.3 Å². The van der Waals surface area contributed by atoms with E-state index >= 15 is 0 Å². The molecule has 3 nitrogen and oxygen atoms in total. The van der Waals surface area contributed by atoms with Crippen LogP contribution >= 0.6 is 11.3 Å². The zero-order valence-corrected chi connectivity index (χ0v) is 11.7. The van der Waals surface area contributed by atoms with Crippen LogP contribution in [0.4, 0.5) is 0 Å². The highest BCUT2D eigenvalue weighted by molar-refractivity contribution is 7.21. The van der Waals surface area contributed by atoms with Crippen LogP contribution in [0.5, 0.6) is 0 Å². The van der Waals surface area contributed by atoms with Crippen LogP contribution in [-0.2, 0) is 6.54 Å². The molecular formula is C15H17NO2S. The van der Waals surface area contributed by atoms with Crippen molar-refractivity contribution in [3.8, 4) is 0 Å². The van der Waals surface area contributed by atoms with E-state index in [2.05, 4.69) is 11.8 Å². The first-order valence-corrected chi connectivity index (χ1v) is 7.46. The van der Waals surface area contributed by atoms with Crippen LogP contribution in [0, 0.1) is 0 Å². The van der Waals surface area contributed by atoms with Crippen LogP contribution in [0.25, 0.3) is 10.1 Å². The fraction of sp³-hybridized carbons (Fsp3) is 0.400. The molecule has 1 unspecified atom stereocenters. The van der Waals surface area contributed by atoms with Crippen LogP contribution in [0.1, 0.15) is 35.0 Å². The molecule has 1 atom stereocenters. The Morgan fingerprint density at radius 3 is 2.95 bits per heavy atom. The molecule has 1 aromatic heterocycles. The topological polar surface area (TPSA) is 40.5 Å². The summed E-state index contributed by atoms with van der Waals surface area (Å²) in [7, 11) is 0. The van der Waals surface area contributed by atoms with E-state index in [0.29, 0.717) is 10.9 Å². The molecule has 1 N–H and O–H groups in total. The summed E-state index contributed by atoms with van der Waals surface area (Å²) < 4.78 is 1.07. The summed E-state index contributed by atoms with van der Waals surface area (Å²) in [6.45, 7) is 4.05. The maximum atomic E-state index is 11.4. The van der Waals surface area contributed by atoms with Gasteiger partial charge < -0.3 is 5.11 Å². The van der Waals surface area contributed by atoms with Crippen molar-refractivity contribution in [1.82, 2.24) is 4.90 Å². The number of aromatic carboxylic acids is 1. The fourth-order valence-electron chi connectivity index (χ4n) is 2.86. The summed E-state index contributed by atoms with van der Waals surface area (Å²) in [5.41, 5.74) is 0.988. The number of likely N-dealkylation sites (tertiary alicyclic amines) is 1. The summed E-state index contributed by atoms with van der Waals surface area (Å²) in [5, 5.41) is 10.5. The number of carbonyl (C=O) groups is 1. The SMILES string of the molecule is CC1CCCN1Cc1c(C(=O)O)sc2ccccc12. The standard InChI is InChI=1S/C15H17NO2S/c1-10-5-4-8-16(10)9-12-11-6-2-3-7-13(11)19-14(12)15(17)18/h2-3,6-7,10H,4-5,8-9H2,1H3,(H,17,18). The van der Waals surface area contributed by atoms with Gasteiger partial charge in [-0.1, -0.05) is 18.2 Å². The Balaban J connectivity index is 2.04. The second-order valence-electron chi connectivity index (χ2n) is 5.17. The molecule has 0 spiro atoms. The van der Waals surface area contributed by atoms with Gasteiger partial charge in [0, 0.05) is 17.3 Å². The molecule has 1 aromatic carbocycles. The Morgan fingerprint density at radius 1 is 1.47 bits per heavy atom. The molecule has 1 aliphatic heterocycles. The maximum Gasteiger partial charge on any atom is 0.346 e. The molecular weight excluding hydrogens is 258 g/mol. The Labute approximate surface area is 116 Å². The lowest BCUT2D eigenvalue weighted by Gasteiger charge is -2.21. The number of hydrogen-bond donors (Lipinski definition) is 1. The van der Waals surface area contributed by atoms with Gasteiger partial charge in [0.1, 0.15) is 4.88 Å². The predicted molar refractivity (Wildman–Crippen MR) is 77.9 cm³/mol. The lowest BCUT2D eigenvalue weighted by Crippen LogP contribution is -2.26. The van der Waals surface area contributed by atoms with Gasteiger partial charge in [-0.25, -0.2) is 4.79 Å². The van der Waals surface area contributed by atoms with Crippen LogP contribution in [-0.4, -0.2) is 28.6 Å². The van der Waals surface area contributed by atoms with Crippen LogP contribution in [0.15, 0.2) is 24.3 Å². The molecule has 2 heterocycles. The minimum absolute atomic E-state index is 0.500. The van der Waals surface area contributed by atoms with E-state index in [4.69, 9.17) is 0 Å². The Morgan fingerprint density at radius 2 is 2.26 bits per heavy atom. The van der Waals surface area contributed by atoms with Gasteiger partial charge in [0.15, 0.2) is 0 Å². The average Bonchev–Trinajstić information content (AvgIpc) is 2.95. The van der Waals surface area contributed by atoms with Gasteiger partial charge in [0.25, 0.3) is 0 Å². The molecule has 1 fully saturated rings. The summed E-state index contributed by atoms with van der Waals surface area (Å²) >= 11 is 1.39. The van der Waals surface area contributed by atoms with E-state index in [9.17, 15) is 9.90 Å². The van der Waals surface area contributed by atoms with E-state index in [1.807, 2.05) is 24.3 Å². The Bertz CT molecular complexity index is 620. The predicted octanol–water partition coefficient (Wildman–Crippen LogP) is 3.58. The van der Waals surface area contributed by atoms with Gasteiger partial charge in [0.2, 0.25) is 0 Å². The van der Waals surface area contributed by atoms with Gasteiger partial charge in [-0.2, -0.15) is 0 Å². The van der Waals surface area contributed by atoms with E-state index in [0.717, 1.165) is 28.7 Å². The maximum absolute atomic E-state index is 11.4. The van der Waals surface area contributed by atoms with Crippen molar-refractivity contribution in [2.75, 3.05) is 6.54 Å². The number of thiophene rings is 1. The summed E-state index contributed by atoms with van der Waals surface area (Å²) in [5.74, 6) is -0.803. The Kier molecular flexibility index (Phi) is 3.29. The molecule has 4 heteroatoms. The molecule has 19 heavy (non-hydrogen) atoms. The molecule has 100 valence electrons. The third-order valence-corrected chi connectivity index (χ3v) is 5.15. The summed E-state index contributed by atoms with van der Waals surface area (Å²) in [4.78, 5) is 14.3. The van der Waals surface area contributed by atoms with Gasteiger partial charge in [-0.05, 0) is 43.3 Å². The summed E-state index contributed by atoms with van der Waals surface area (Å²) in [6, 6.07) is 8.54. The lowest BCUT2D eigenvalue weighted by atomic mass is 10.1. The van der Waals surface area contributed by atoms with Crippen LogP contribution in [0.2, 0.25) is 0 Å². The first kappa shape index (κ1) is 12.6. The highest BCUT2D eigenvalue weighted by Gasteiger charge is 2.24. The van der Waals surface area contributed by atoms with Gasteiger partial charge in [-0.3, -0.25) is 4.90 Å². The van der Waals surface area contributed by atoms with Gasteiger partial charge in [0.05, 0.1) is 0 Å². The second-order valence-corrected chi connectivity index (χ2v) is 6.22. The zero-order valence-electron chi connectivity index (χ0n) is 10.9. The number of carboxylic acid groups (broad SMARTS) is 1. The van der Waals surface area contributed by atoms with Crippen molar-refractivity contribution in [2.24, 2.45) is 0 Å². The fourth-order valence-corrected chi connectivity index (χ4v) is 3.91. The van der Waals surface area contributed by atoms with Crippen LogP contribution in [0.3, 0.4) is 0 Å². The molecule has 0 bridgehead atoms. The first-order chi connectivity index (χ1) is 9.16. The van der Waals surface area contributed by atoms with E-state index in [-0.39, 0.29) is 0 Å². The number of hydrogen-bond acceptors (Lipinski definition) is 3. The number of rotatable bonds is 3. The lowest BCUT2D eigenvalue weighted by molar-refractivity contribution is 0.0700. The van der Waals surface area contributed by atoms with Crippen LogP contribution < -0.4 is 0 Å². The van der Waals surface area contributed by atoms with E-state index in [1.165, 1.54) is 24.2 Å². The highest BCUT2D eigenvalue weighted by atomic mass is 32.1. The zero-order chi connectivity index (χ0) is 13.4. The number of benzene rings is 1. The van der Waals surface area contributed by atoms with Crippen molar-refractivity contribution < 1.29 is 9.90 Å². The monoisotopic (exact) mass is 275 g/mol. The third kappa shape index (κ3) is 2.26. The van der Waals surface area contributed by atoms with Crippen molar-refractivity contribution in [2.45, 2.75) is 32.4 Å². The number of carboxylic acids is 1. The minimum atomic E-state index is -0.803. The molecule has 0 radical (unpaired) electrons. The Hall–Kier alpha value is -1.39. The highest BCUT2D eigenvalue weighted by Crippen LogP contribution is 2.33. The van der Waals surface area contributed by atoms with Crippen molar-refractivity contribution in [1.29, 1.82) is 0 Å². The first-order valence-electron chi connectivity index (χ1n) is 6.64. The van der Waals surface area contributed by atoms with Crippen molar-refractivity contribution >= 4 is 27.4 Å². The third-order valence-electron chi connectivity index (χ3n) is 3.94.